The Morgan fingerprint density at radius 2 is 1.89 bits per heavy atom. The number of hydrogen-bond donors (Lipinski definition) is 1. The van der Waals surface area contributed by atoms with Crippen molar-refractivity contribution < 1.29 is 0 Å². The Balaban J connectivity index is 2.15. The summed E-state index contributed by atoms with van der Waals surface area (Å²) in [4.78, 5) is 9.15. The van der Waals surface area contributed by atoms with Crippen LogP contribution in [0, 0.1) is 12.8 Å². The quantitative estimate of drug-likeness (QED) is 0.838. The normalized spacial score (nSPS) is 12.6. The van der Waals surface area contributed by atoms with Gasteiger partial charge < -0.3 is 5.32 Å². The predicted octanol–water partition coefficient (Wildman–Crippen LogP) is 3.62. The van der Waals surface area contributed by atoms with Crippen LogP contribution in [-0.2, 0) is 0 Å². The van der Waals surface area contributed by atoms with Crippen molar-refractivity contribution >= 4 is 28.5 Å². The minimum Gasteiger partial charge on any atom is -0.368 e. The van der Waals surface area contributed by atoms with E-state index in [1.54, 1.807) is 0 Å². The maximum atomic E-state index is 5.73. The summed E-state index contributed by atoms with van der Waals surface area (Å²) in [7, 11) is 0. The van der Waals surface area contributed by atoms with E-state index in [1.807, 2.05) is 31.2 Å². The molecule has 0 aliphatic heterocycles. The van der Waals surface area contributed by atoms with Crippen LogP contribution in [0.15, 0.2) is 24.3 Å². The van der Waals surface area contributed by atoms with E-state index in [2.05, 4.69) is 22.2 Å². The Morgan fingerprint density at radius 1 is 1.22 bits per heavy atom. The lowest BCUT2D eigenvalue weighted by Gasteiger charge is -2.13. The number of nitrogens with one attached hydrogen (secondary N) is 1. The molecular formula is C14H18ClN3. The molecule has 0 saturated carbocycles. The summed E-state index contributed by atoms with van der Waals surface area (Å²) in [6.07, 6.45) is 1.01. The maximum Gasteiger partial charge on any atom is 0.148 e. The maximum absolute atomic E-state index is 5.73. The van der Waals surface area contributed by atoms with Gasteiger partial charge >= 0.3 is 0 Å². The van der Waals surface area contributed by atoms with Crippen molar-refractivity contribution in [2.45, 2.75) is 20.3 Å². The van der Waals surface area contributed by atoms with Crippen molar-refractivity contribution in [2.75, 3.05) is 17.7 Å². The molecule has 0 aliphatic carbocycles. The van der Waals surface area contributed by atoms with Crippen molar-refractivity contribution in [3.63, 3.8) is 0 Å². The number of anilines is 1. The average molecular weight is 264 g/mol. The van der Waals surface area contributed by atoms with E-state index in [0.29, 0.717) is 11.8 Å². The zero-order chi connectivity index (χ0) is 13.0. The SMILES string of the molecule is Cc1nc2ccccc2nc1NCC(C)CCCl. The van der Waals surface area contributed by atoms with Gasteiger partial charge in [0, 0.05) is 12.4 Å². The Bertz CT molecular complexity index is 527. The standard InChI is InChI=1S/C14H18ClN3/c1-10(7-8-15)9-16-14-11(2)17-12-5-3-4-6-13(12)18-14/h3-6,10H,7-9H2,1-2H3,(H,16,18). The number of aromatic nitrogens is 2. The van der Waals surface area contributed by atoms with Crippen LogP contribution >= 0.6 is 11.6 Å². The van der Waals surface area contributed by atoms with Crippen LogP contribution in [0.2, 0.25) is 0 Å². The number of fused-ring (bicyclic) bond motifs is 1. The predicted molar refractivity (Wildman–Crippen MR) is 77.3 cm³/mol. The number of hydrogen-bond acceptors (Lipinski definition) is 3. The van der Waals surface area contributed by atoms with Gasteiger partial charge in [-0.1, -0.05) is 19.1 Å². The van der Waals surface area contributed by atoms with Gasteiger partial charge in [-0.3, -0.25) is 0 Å². The van der Waals surface area contributed by atoms with E-state index < -0.39 is 0 Å². The molecule has 96 valence electrons. The highest BCUT2D eigenvalue weighted by Crippen LogP contribution is 2.16. The zero-order valence-electron chi connectivity index (χ0n) is 10.8. The number of alkyl halides is 1. The summed E-state index contributed by atoms with van der Waals surface area (Å²) in [5.74, 6) is 2.11. The van der Waals surface area contributed by atoms with Gasteiger partial charge in [0.25, 0.3) is 0 Å². The third-order valence-electron chi connectivity index (χ3n) is 2.96. The summed E-state index contributed by atoms with van der Waals surface area (Å²) in [5.41, 5.74) is 2.80. The molecule has 1 unspecified atom stereocenters. The van der Waals surface area contributed by atoms with Gasteiger partial charge in [0.15, 0.2) is 0 Å². The molecule has 4 heteroatoms. The molecule has 3 nitrogen and oxygen atoms in total. The first kappa shape index (κ1) is 13.1. The minimum atomic E-state index is 0.537. The fourth-order valence-corrected chi connectivity index (χ4v) is 2.19. The van der Waals surface area contributed by atoms with Crippen LogP contribution in [0.5, 0.6) is 0 Å². The Kier molecular flexibility index (Phi) is 4.37. The molecule has 1 aromatic carbocycles. The molecule has 1 atom stereocenters. The van der Waals surface area contributed by atoms with Gasteiger partial charge in [0.05, 0.1) is 16.7 Å². The highest BCUT2D eigenvalue weighted by molar-refractivity contribution is 6.17. The van der Waals surface area contributed by atoms with E-state index >= 15 is 0 Å². The number of nitrogens with zero attached hydrogens (tertiary/aromatic N) is 2. The third-order valence-corrected chi connectivity index (χ3v) is 3.18. The molecule has 1 aromatic heterocycles. The van der Waals surface area contributed by atoms with Crippen molar-refractivity contribution in [3.8, 4) is 0 Å². The smallest absolute Gasteiger partial charge is 0.148 e. The minimum absolute atomic E-state index is 0.537. The van der Waals surface area contributed by atoms with Crippen LogP contribution in [0.4, 0.5) is 5.82 Å². The summed E-state index contributed by atoms with van der Waals surface area (Å²) >= 11 is 5.73. The van der Waals surface area contributed by atoms with Crippen molar-refractivity contribution in [3.05, 3.63) is 30.0 Å². The highest BCUT2D eigenvalue weighted by Gasteiger charge is 2.06. The van der Waals surface area contributed by atoms with Crippen LogP contribution in [-0.4, -0.2) is 22.4 Å². The summed E-state index contributed by atoms with van der Waals surface area (Å²) in [6.45, 7) is 5.04. The van der Waals surface area contributed by atoms with Gasteiger partial charge in [0.2, 0.25) is 0 Å². The van der Waals surface area contributed by atoms with Crippen LogP contribution < -0.4 is 5.32 Å². The van der Waals surface area contributed by atoms with E-state index in [0.717, 1.165) is 35.5 Å². The largest absolute Gasteiger partial charge is 0.368 e. The molecule has 0 aliphatic rings. The van der Waals surface area contributed by atoms with Crippen molar-refractivity contribution in [1.29, 1.82) is 0 Å². The molecule has 0 spiro atoms. The number of aryl methyl sites for hydroxylation is 1. The zero-order valence-corrected chi connectivity index (χ0v) is 11.5. The first-order valence-electron chi connectivity index (χ1n) is 6.24. The fraction of sp³-hybridized carbons (Fsp3) is 0.429. The second kappa shape index (κ2) is 6.01. The molecule has 1 heterocycles. The number of halogens is 1. The molecule has 0 fully saturated rings. The summed E-state index contributed by atoms with van der Waals surface area (Å²) < 4.78 is 0. The van der Waals surface area contributed by atoms with Gasteiger partial charge in [-0.05, 0) is 31.4 Å². The lowest BCUT2D eigenvalue weighted by atomic mass is 10.1. The fourth-order valence-electron chi connectivity index (χ4n) is 1.81. The second-order valence-corrected chi connectivity index (χ2v) is 4.99. The second-order valence-electron chi connectivity index (χ2n) is 4.61. The Morgan fingerprint density at radius 3 is 2.56 bits per heavy atom. The molecule has 0 bridgehead atoms. The monoisotopic (exact) mass is 263 g/mol. The Hall–Kier alpha value is -1.35. The third kappa shape index (κ3) is 3.10. The molecule has 1 N–H and O–H groups in total. The van der Waals surface area contributed by atoms with E-state index in [9.17, 15) is 0 Å². The van der Waals surface area contributed by atoms with Crippen LogP contribution in [0.3, 0.4) is 0 Å². The average Bonchev–Trinajstić information content (AvgIpc) is 2.36. The molecule has 2 aromatic rings. The van der Waals surface area contributed by atoms with Crippen molar-refractivity contribution in [1.82, 2.24) is 9.97 Å². The highest BCUT2D eigenvalue weighted by atomic mass is 35.5. The van der Waals surface area contributed by atoms with Gasteiger partial charge in [-0.2, -0.15) is 0 Å². The first-order valence-corrected chi connectivity index (χ1v) is 6.77. The molecule has 0 saturated heterocycles. The first-order chi connectivity index (χ1) is 8.70. The molecule has 0 radical (unpaired) electrons. The number of rotatable bonds is 5. The summed E-state index contributed by atoms with van der Waals surface area (Å²) in [6, 6.07) is 7.92. The molecular weight excluding hydrogens is 246 g/mol. The molecule has 18 heavy (non-hydrogen) atoms. The topological polar surface area (TPSA) is 37.8 Å². The van der Waals surface area contributed by atoms with Gasteiger partial charge in [0.1, 0.15) is 5.82 Å². The molecule has 2 rings (SSSR count). The summed E-state index contributed by atoms with van der Waals surface area (Å²) in [5, 5.41) is 3.36. The van der Waals surface area contributed by atoms with Crippen LogP contribution in [0.25, 0.3) is 11.0 Å². The van der Waals surface area contributed by atoms with E-state index in [1.165, 1.54) is 0 Å². The van der Waals surface area contributed by atoms with Gasteiger partial charge in [-0.15, -0.1) is 11.6 Å². The van der Waals surface area contributed by atoms with E-state index in [4.69, 9.17) is 11.6 Å². The van der Waals surface area contributed by atoms with Gasteiger partial charge in [-0.25, -0.2) is 9.97 Å². The number of benzene rings is 1. The van der Waals surface area contributed by atoms with Crippen molar-refractivity contribution in [2.24, 2.45) is 5.92 Å². The Labute approximate surface area is 113 Å². The van der Waals surface area contributed by atoms with Crippen LogP contribution in [0.1, 0.15) is 19.0 Å². The molecule has 0 amide bonds. The lowest BCUT2D eigenvalue weighted by molar-refractivity contribution is 0.595. The lowest BCUT2D eigenvalue weighted by Crippen LogP contribution is -2.14. The van der Waals surface area contributed by atoms with E-state index in [-0.39, 0.29) is 0 Å². The number of para-hydroxylation sites is 2.